The second-order valence-electron chi connectivity index (χ2n) is 3.37. The lowest BCUT2D eigenvalue weighted by molar-refractivity contribution is 0.0354. The zero-order valence-electron chi connectivity index (χ0n) is 7.67. The van der Waals surface area contributed by atoms with Gasteiger partial charge in [-0.1, -0.05) is 12.8 Å². The molecule has 1 unspecified atom stereocenters. The van der Waals surface area contributed by atoms with Gasteiger partial charge >= 0.3 is 0 Å². The Bertz CT molecular complexity index is 96.0. The van der Waals surface area contributed by atoms with Crippen LogP contribution in [-0.2, 0) is 4.74 Å². The average Bonchev–Trinajstić information content (AvgIpc) is 2.33. The van der Waals surface area contributed by atoms with E-state index in [2.05, 4.69) is 6.42 Å². The number of aliphatic hydroxyl groups is 1. The summed E-state index contributed by atoms with van der Waals surface area (Å²) < 4.78 is 5.62. The molecule has 0 aromatic carbocycles. The molecule has 0 aromatic heterocycles. The minimum atomic E-state index is 0.249. The van der Waals surface area contributed by atoms with E-state index in [-0.39, 0.29) is 6.61 Å². The van der Waals surface area contributed by atoms with Crippen molar-refractivity contribution in [2.45, 2.75) is 44.6 Å². The van der Waals surface area contributed by atoms with Gasteiger partial charge in [0.05, 0.1) is 6.10 Å². The van der Waals surface area contributed by atoms with E-state index in [9.17, 15) is 0 Å². The Morgan fingerprint density at radius 2 is 2.25 bits per heavy atom. The molecule has 1 rings (SSSR count). The molecule has 1 aliphatic carbocycles. The van der Waals surface area contributed by atoms with Gasteiger partial charge in [0.1, 0.15) is 0 Å². The lowest BCUT2D eigenvalue weighted by Gasteiger charge is -2.14. The summed E-state index contributed by atoms with van der Waals surface area (Å²) in [5, 5.41) is 8.57. The van der Waals surface area contributed by atoms with Crippen LogP contribution in [0.3, 0.4) is 0 Å². The van der Waals surface area contributed by atoms with Crippen molar-refractivity contribution >= 4 is 0 Å². The Labute approximate surface area is 74.9 Å². The summed E-state index contributed by atoms with van der Waals surface area (Å²) in [6, 6.07) is 0. The molecule has 1 aliphatic rings. The van der Waals surface area contributed by atoms with Gasteiger partial charge in [0.15, 0.2) is 0 Å². The molecule has 2 nitrogen and oxygen atoms in total. The Morgan fingerprint density at radius 1 is 1.33 bits per heavy atom. The molecule has 0 amide bonds. The van der Waals surface area contributed by atoms with E-state index in [1.165, 1.54) is 32.1 Å². The van der Waals surface area contributed by atoms with E-state index in [1.807, 2.05) is 0 Å². The molecule has 0 spiro atoms. The number of ether oxygens (including phenoxy) is 1. The predicted molar refractivity (Wildman–Crippen MR) is 48.8 cm³/mol. The fraction of sp³-hybridized carbons (Fsp3) is 0.900. The van der Waals surface area contributed by atoms with Crippen LogP contribution in [0.4, 0.5) is 0 Å². The van der Waals surface area contributed by atoms with Crippen LogP contribution in [0.2, 0.25) is 0 Å². The summed E-state index contributed by atoms with van der Waals surface area (Å²) in [4.78, 5) is 0. The first-order valence-corrected chi connectivity index (χ1v) is 4.97. The molecule has 71 valence electrons. The Kier molecular flexibility index (Phi) is 5.37. The van der Waals surface area contributed by atoms with E-state index in [0.29, 0.717) is 6.10 Å². The largest absolute Gasteiger partial charge is 0.396 e. The van der Waals surface area contributed by atoms with Crippen LogP contribution < -0.4 is 0 Å². The maximum absolute atomic E-state index is 8.57. The van der Waals surface area contributed by atoms with E-state index in [0.717, 1.165) is 13.0 Å². The summed E-state index contributed by atoms with van der Waals surface area (Å²) in [5.41, 5.74) is 0. The molecule has 1 fully saturated rings. The smallest absolute Gasteiger partial charge is 0.0575 e. The molecular formula is C10H19O2. The molecule has 1 saturated carbocycles. The van der Waals surface area contributed by atoms with Gasteiger partial charge < -0.3 is 9.84 Å². The van der Waals surface area contributed by atoms with Gasteiger partial charge in [-0.25, -0.2) is 0 Å². The lowest BCUT2D eigenvalue weighted by atomic mass is 10.1. The zero-order valence-corrected chi connectivity index (χ0v) is 7.67. The first-order chi connectivity index (χ1) is 5.93. The predicted octanol–water partition coefficient (Wildman–Crippen LogP) is 1.92. The van der Waals surface area contributed by atoms with Crippen LogP contribution in [0.15, 0.2) is 0 Å². The van der Waals surface area contributed by atoms with Gasteiger partial charge in [0.25, 0.3) is 0 Å². The summed E-state index contributed by atoms with van der Waals surface area (Å²) >= 11 is 0. The van der Waals surface area contributed by atoms with Crippen LogP contribution in [0.5, 0.6) is 0 Å². The Balaban J connectivity index is 2.04. The first-order valence-electron chi connectivity index (χ1n) is 4.97. The van der Waals surface area contributed by atoms with E-state index in [1.54, 1.807) is 0 Å². The van der Waals surface area contributed by atoms with E-state index >= 15 is 0 Å². The number of rotatable bonds is 4. The molecule has 1 N–H and O–H groups in total. The zero-order chi connectivity index (χ0) is 8.65. The van der Waals surface area contributed by atoms with Crippen molar-refractivity contribution in [2.75, 3.05) is 13.2 Å². The quantitative estimate of drug-likeness (QED) is 0.517. The maximum atomic E-state index is 8.57. The van der Waals surface area contributed by atoms with Gasteiger partial charge in [-0.15, -0.1) is 0 Å². The third kappa shape index (κ3) is 4.07. The van der Waals surface area contributed by atoms with Gasteiger partial charge in [-0.2, -0.15) is 0 Å². The summed E-state index contributed by atoms with van der Waals surface area (Å²) in [5.74, 6) is 0. The molecule has 1 radical (unpaired) electrons. The Morgan fingerprint density at radius 3 is 3.08 bits per heavy atom. The van der Waals surface area contributed by atoms with Crippen molar-refractivity contribution < 1.29 is 9.84 Å². The molecule has 1 atom stereocenters. The van der Waals surface area contributed by atoms with Crippen LogP contribution in [0.1, 0.15) is 38.5 Å². The third-order valence-corrected chi connectivity index (χ3v) is 2.28. The second-order valence-corrected chi connectivity index (χ2v) is 3.37. The highest BCUT2D eigenvalue weighted by atomic mass is 16.5. The lowest BCUT2D eigenvalue weighted by Crippen LogP contribution is -2.13. The summed E-state index contributed by atoms with van der Waals surface area (Å²) in [7, 11) is 0. The molecule has 2 heteroatoms. The topological polar surface area (TPSA) is 29.5 Å². The number of aliphatic hydroxyl groups excluding tert-OH is 1. The van der Waals surface area contributed by atoms with Crippen LogP contribution >= 0.6 is 0 Å². The molecule has 0 heterocycles. The van der Waals surface area contributed by atoms with Gasteiger partial charge in [-0.3, -0.25) is 0 Å². The normalized spacial score (nSPS) is 20.8. The van der Waals surface area contributed by atoms with Crippen LogP contribution in [0, 0.1) is 6.42 Å². The third-order valence-electron chi connectivity index (χ3n) is 2.28. The highest BCUT2D eigenvalue weighted by molar-refractivity contribution is 4.74. The number of hydrogen-bond acceptors (Lipinski definition) is 2. The van der Waals surface area contributed by atoms with Gasteiger partial charge in [-0.05, 0) is 32.1 Å². The monoisotopic (exact) mass is 171 g/mol. The average molecular weight is 171 g/mol. The highest BCUT2D eigenvalue weighted by Crippen LogP contribution is 2.18. The van der Waals surface area contributed by atoms with Crippen molar-refractivity contribution in [3.63, 3.8) is 0 Å². The molecular weight excluding hydrogens is 152 g/mol. The molecule has 12 heavy (non-hydrogen) atoms. The minimum absolute atomic E-state index is 0.249. The van der Waals surface area contributed by atoms with Crippen molar-refractivity contribution in [3.05, 3.63) is 6.42 Å². The second kappa shape index (κ2) is 6.44. The van der Waals surface area contributed by atoms with Gasteiger partial charge in [0.2, 0.25) is 0 Å². The minimum Gasteiger partial charge on any atom is -0.396 e. The summed E-state index contributed by atoms with van der Waals surface area (Å²) in [6.45, 7) is 0.972. The fourth-order valence-electron chi connectivity index (χ4n) is 1.56. The van der Waals surface area contributed by atoms with Gasteiger partial charge in [0, 0.05) is 13.2 Å². The fourth-order valence-corrected chi connectivity index (χ4v) is 1.56. The standard InChI is InChI=1S/C10H19O2/c11-8-5-9-12-10-6-3-1-2-4-7-10/h1,10-11H,2-9H2. The van der Waals surface area contributed by atoms with Crippen molar-refractivity contribution in [3.8, 4) is 0 Å². The van der Waals surface area contributed by atoms with Crippen molar-refractivity contribution in [1.82, 2.24) is 0 Å². The van der Waals surface area contributed by atoms with Crippen LogP contribution in [0.25, 0.3) is 0 Å². The molecule has 0 aromatic rings. The molecule has 0 bridgehead atoms. The van der Waals surface area contributed by atoms with Crippen molar-refractivity contribution in [2.24, 2.45) is 0 Å². The highest BCUT2D eigenvalue weighted by Gasteiger charge is 2.11. The van der Waals surface area contributed by atoms with E-state index < -0.39 is 0 Å². The van der Waals surface area contributed by atoms with E-state index in [4.69, 9.17) is 9.84 Å². The Hall–Kier alpha value is -0.0800. The number of hydrogen-bond donors (Lipinski definition) is 1. The molecule has 0 saturated heterocycles. The molecule has 0 aliphatic heterocycles. The SMILES string of the molecule is OCCCOC1CC[CH]CCC1. The first kappa shape index (κ1) is 10.0. The van der Waals surface area contributed by atoms with Crippen molar-refractivity contribution in [1.29, 1.82) is 0 Å². The summed E-state index contributed by atoms with van der Waals surface area (Å²) in [6.07, 6.45) is 9.67. The maximum Gasteiger partial charge on any atom is 0.0575 e. The van der Waals surface area contributed by atoms with Crippen LogP contribution in [-0.4, -0.2) is 24.4 Å².